The van der Waals surface area contributed by atoms with Gasteiger partial charge in [-0.1, -0.05) is 50.2 Å². The molecule has 3 fully saturated rings. The summed E-state index contributed by atoms with van der Waals surface area (Å²) in [5.41, 5.74) is 2.20. The number of ether oxygens (including phenoxy) is 2. The van der Waals surface area contributed by atoms with E-state index in [1.165, 1.54) is 0 Å². The number of hydrogen-bond acceptors (Lipinski definition) is 4. The molecule has 3 aliphatic carbocycles. The van der Waals surface area contributed by atoms with Crippen LogP contribution in [0.1, 0.15) is 39.2 Å². The number of methoxy groups -OCH3 is 1. The van der Waals surface area contributed by atoms with Gasteiger partial charge in [0.25, 0.3) is 0 Å². The third kappa shape index (κ3) is 4.72. The lowest BCUT2D eigenvalue weighted by Gasteiger charge is -2.64. The van der Waals surface area contributed by atoms with E-state index in [1.807, 2.05) is 49.4 Å². The van der Waals surface area contributed by atoms with Gasteiger partial charge in [0.05, 0.1) is 19.6 Å². The Hall–Kier alpha value is -2.60. The van der Waals surface area contributed by atoms with Crippen molar-refractivity contribution in [2.75, 3.05) is 19.0 Å². The Balaban J connectivity index is 1.68. The molecule has 33 heavy (non-hydrogen) atoms. The highest BCUT2D eigenvalue weighted by Gasteiger charge is 2.61. The number of rotatable bonds is 7. The highest BCUT2D eigenvalue weighted by molar-refractivity contribution is 7.80. The fraction of sp³-hybridized carbons (Fsp3) is 0.481. The Morgan fingerprint density at radius 3 is 2.58 bits per heavy atom. The van der Waals surface area contributed by atoms with Crippen molar-refractivity contribution in [2.24, 2.45) is 23.2 Å². The van der Waals surface area contributed by atoms with Gasteiger partial charge in [0.1, 0.15) is 5.75 Å². The Labute approximate surface area is 202 Å². The van der Waals surface area contributed by atoms with Crippen molar-refractivity contribution < 1.29 is 14.3 Å². The second kappa shape index (κ2) is 9.72. The number of nitrogens with one attached hydrogen (secondary N) is 1. The second-order valence-electron chi connectivity index (χ2n) is 9.72. The normalized spacial score (nSPS) is 24.8. The molecule has 6 heteroatoms. The number of anilines is 1. The Kier molecular flexibility index (Phi) is 6.94. The van der Waals surface area contributed by atoms with Crippen molar-refractivity contribution in [1.82, 2.24) is 4.90 Å². The van der Waals surface area contributed by atoms with Crippen LogP contribution in [0.15, 0.2) is 54.6 Å². The summed E-state index contributed by atoms with van der Waals surface area (Å²) in [4.78, 5) is 15.3. The number of carbonyl (C=O) groups excluding carboxylic acids is 1. The van der Waals surface area contributed by atoms with Crippen LogP contribution in [0.25, 0.3) is 0 Å². The number of fused-ring (bicyclic) bond motifs is 2. The van der Waals surface area contributed by atoms with E-state index in [1.54, 1.807) is 7.11 Å². The molecule has 0 radical (unpaired) electrons. The summed E-state index contributed by atoms with van der Waals surface area (Å²) in [6.07, 6.45) is 1.97. The molecular weight excluding hydrogens is 432 g/mol. The van der Waals surface area contributed by atoms with E-state index in [9.17, 15) is 4.79 Å². The maximum Gasteiger partial charge on any atom is 0.311 e. The quantitative estimate of drug-likeness (QED) is 0.429. The van der Waals surface area contributed by atoms with Gasteiger partial charge in [0.2, 0.25) is 0 Å². The fourth-order valence-electron chi connectivity index (χ4n) is 5.67. The average Bonchev–Trinajstić information content (AvgIpc) is 2.82. The van der Waals surface area contributed by atoms with E-state index in [0.717, 1.165) is 29.8 Å². The van der Waals surface area contributed by atoms with Gasteiger partial charge in [-0.3, -0.25) is 4.79 Å². The third-order valence-electron chi connectivity index (χ3n) is 7.64. The topological polar surface area (TPSA) is 50.8 Å². The molecule has 0 aromatic heterocycles. The van der Waals surface area contributed by atoms with E-state index in [4.69, 9.17) is 21.7 Å². The van der Waals surface area contributed by atoms with Crippen LogP contribution >= 0.6 is 12.2 Å². The molecule has 0 spiro atoms. The molecule has 1 N–H and O–H groups in total. The van der Waals surface area contributed by atoms with E-state index in [-0.39, 0.29) is 23.3 Å². The molecule has 2 bridgehead atoms. The van der Waals surface area contributed by atoms with Crippen LogP contribution in [0.4, 0.5) is 5.69 Å². The second-order valence-corrected chi connectivity index (χ2v) is 10.1. The molecule has 0 saturated heterocycles. The smallest absolute Gasteiger partial charge is 0.311 e. The summed E-state index contributed by atoms with van der Waals surface area (Å²) >= 11 is 5.99. The third-order valence-corrected chi connectivity index (χ3v) is 7.97. The zero-order chi connectivity index (χ0) is 23.6. The van der Waals surface area contributed by atoms with E-state index >= 15 is 0 Å². The predicted octanol–water partition coefficient (Wildman–Crippen LogP) is 5.51. The van der Waals surface area contributed by atoms with Crippen LogP contribution in [0.2, 0.25) is 0 Å². The van der Waals surface area contributed by atoms with Gasteiger partial charge >= 0.3 is 5.97 Å². The highest BCUT2D eigenvalue weighted by Crippen LogP contribution is 2.62. The largest absolute Gasteiger partial charge is 0.497 e. The standard InChI is InChI=1S/C27H34N2O3S/c1-5-32-25(30)22-14-19-15-23(27(19,2)3)24(22)29(17-18-10-7-6-8-11-18)26(33)28-20-12-9-13-21(16-20)31-4/h6-13,16,19,22-24H,5,14-15,17H2,1-4H3,(H,28,33)/t19-,22+,23+,24-/m1/s1. The summed E-state index contributed by atoms with van der Waals surface area (Å²) in [5.74, 6) is 1.40. The van der Waals surface area contributed by atoms with Crippen LogP contribution in [-0.2, 0) is 16.1 Å². The number of esters is 1. The lowest BCUT2D eigenvalue weighted by atomic mass is 9.44. The van der Waals surface area contributed by atoms with E-state index < -0.39 is 0 Å². The minimum atomic E-state index is -0.185. The maximum atomic E-state index is 13.1. The van der Waals surface area contributed by atoms with Crippen molar-refractivity contribution in [3.8, 4) is 5.75 Å². The summed E-state index contributed by atoms with van der Waals surface area (Å²) in [7, 11) is 1.65. The summed E-state index contributed by atoms with van der Waals surface area (Å²) < 4.78 is 10.9. The summed E-state index contributed by atoms with van der Waals surface area (Å²) in [6, 6.07) is 18.0. The van der Waals surface area contributed by atoms with Crippen LogP contribution in [-0.4, -0.2) is 35.7 Å². The van der Waals surface area contributed by atoms with Gasteiger partial charge in [-0.2, -0.15) is 0 Å². The first-order chi connectivity index (χ1) is 15.8. The number of hydrogen-bond donors (Lipinski definition) is 1. The number of thiocarbonyl (C=S) groups is 1. The van der Waals surface area contributed by atoms with Crippen molar-refractivity contribution in [1.29, 1.82) is 0 Å². The molecule has 0 amide bonds. The molecule has 0 aliphatic heterocycles. The van der Waals surface area contributed by atoms with Crippen molar-refractivity contribution in [3.05, 3.63) is 60.2 Å². The van der Waals surface area contributed by atoms with Crippen LogP contribution in [0, 0.1) is 23.2 Å². The molecule has 3 aliphatic rings. The molecule has 4 atom stereocenters. The highest BCUT2D eigenvalue weighted by atomic mass is 32.1. The zero-order valence-corrected chi connectivity index (χ0v) is 20.7. The SMILES string of the molecule is CCOC(=O)[C@H]1C[C@@H]2C[C@@H]([C@@H]1N(Cc1ccccc1)C(=S)Nc1cccc(OC)c1)C2(C)C. The van der Waals surface area contributed by atoms with Crippen molar-refractivity contribution >= 4 is 29.0 Å². The van der Waals surface area contributed by atoms with Gasteiger partial charge in [-0.15, -0.1) is 0 Å². The van der Waals surface area contributed by atoms with Gasteiger partial charge in [-0.05, 0) is 66.9 Å². The lowest BCUT2D eigenvalue weighted by molar-refractivity contribution is -0.175. The van der Waals surface area contributed by atoms with Crippen LogP contribution in [0.3, 0.4) is 0 Å². The number of carbonyl (C=O) groups is 1. The summed E-state index contributed by atoms with van der Waals surface area (Å²) in [6.45, 7) is 7.57. The van der Waals surface area contributed by atoms with Gasteiger partial charge in [-0.25, -0.2) is 0 Å². The molecule has 3 saturated carbocycles. The Morgan fingerprint density at radius 2 is 1.91 bits per heavy atom. The average molecular weight is 467 g/mol. The van der Waals surface area contributed by atoms with Gasteiger partial charge in [0.15, 0.2) is 5.11 Å². The van der Waals surface area contributed by atoms with Gasteiger partial charge in [0, 0.05) is 24.3 Å². The van der Waals surface area contributed by atoms with Crippen LogP contribution < -0.4 is 10.1 Å². The first kappa shape index (κ1) is 23.6. The van der Waals surface area contributed by atoms with Crippen molar-refractivity contribution in [3.63, 3.8) is 0 Å². The minimum Gasteiger partial charge on any atom is -0.497 e. The first-order valence-corrected chi connectivity index (χ1v) is 12.2. The summed E-state index contributed by atoms with van der Waals surface area (Å²) in [5, 5.41) is 4.03. The van der Waals surface area contributed by atoms with Crippen molar-refractivity contribution in [2.45, 2.75) is 46.2 Å². The maximum absolute atomic E-state index is 13.1. The molecule has 5 rings (SSSR count). The Morgan fingerprint density at radius 1 is 1.15 bits per heavy atom. The van der Waals surface area contributed by atoms with E-state index in [2.05, 4.69) is 36.2 Å². The number of nitrogens with zero attached hydrogens (tertiary/aromatic N) is 1. The van der Waals surface area contributed by atoms with Gasteiger partial charge < -0.3 is 19.7 Å². The minimum absolute atomic E-state index is 0.0186. The van der Waals surface area contributed by atoms with E-state index in [0.29, 0.717) is 30.1 Å². The predicted molar refractivity (Wildman–Crippen MR) is 135 cm³/mol. The fourth-order valence-corrected chi connectivity index (χ4v) is 5.97. The zero-order valence-electron chi connectivity index (χ0n) is 19.9. The molecule has 2 aromatic carbocycles. The molecule has 2 aromatic rings. The lowest BCUT2D eigenvalue weighted by Crippen LogP contribution is -2.66. The molecule has 5 nitrogen and oxygen atoms in total. The monoisotopic (exact) mass is 466 g/mol. The molecule has 176 valence electrons. The first-order valence-electron chi connectivity index (χ1n) is 11.8. The van der Waals surface area contributed by atoms with Crippen LogP contribution in [0.5, 0.6) is 5.75 Å². The molecule has 0 unspecified atom stereocenters. The number of benzene rings is 2. The molecule has 0 heterocycles. The Bertz CT molecular complexity index is 994. The molecular formula is C27H34N2O3S.